The monoisotopic (exact) mass is 222 g/mol. The maximum atomic E-state index is 11.9. The number of carbonyl (C=O) groups is 1. The molecule has 0 aromatic carbocycles. The van der Waals surface area contributed by atoms with Crippen molar-refractivity contribution >= 4 is 11.7 Å². The van der Waals surface area contributed by atoms with Gasteiger partial charge in [0.1, 0.15) is 5.82 Å². The number of hydrogen-bond donors (Lipinski definition) is 1. The summed E-state index contributed by atoms with van der Waals surface area (Å²) in [4.78, 5) is 13.6. The molecule has 5 heteroatoms. The first kappa shape index (κ1) is 12.4. The Morgan fingerprint density at radius 1 is 1.38 bits per heavy atom. The molecule has 0 aliphatic rings. The quantitative estimate of drug-likeness (QED) is 0.815. The summed E-state index contributed by atoms with van der Waals surface area (Å²) in [6.07, 6.45) is 0. The van der Waals surface area contributed by atoms with Gasteiger partial charge in [-0.05, 0) is 17.5 Å². The van der Waals surface area contributed by atoms with E-state index in [9.17, 15) is 4.79 Å². The summed E-state index contributed by atoms with van der Waals surface area (Å²) in [5.41, 5.74) is 5.79. The van der Waals surface area contributed by atoms with E-state index in [1.54, 1.807) is 24.1 Å². The van der Waals surface area contributed by atoms with Crippen molar-refractivity contribution in [1.82, 2.24) is 15.1 Å². The molecule has 0 radical (unpaired) electrons. The molecule has 1 rings (SSSR count). The van der Waals surface area contributed by atoms with E-state index in [0.29, 0.717) is 18.1 Å². The van der Waals surface area contributed by atoms with E-state index in [0.717, 1.165) is 0 Å². The molecule has 88 valence electrons. The molecule has 0 aliphatic carbocycles. The summed E-state index contributed by atoms with van der Waals surface area (Å²) in [6.45, 7) is 6.89. The van der Waals surface area contributed by atoms with Gasteiger partial charge in [0.25, 0.3) is 5.91 Å². The first-order valence-corrected chi connectivity index (χ1v) is 5.14. The molecule has 0 spiro atoms. The topological polar surface area (TPSA) is 72.1 Å². The van der Waals surface area contributed by atoms with E-state index < -0.39 is 0 Å². The van der Waals surface area contributed by atoms with E-state index in [2.05, 4.69) is 31.0 Å². The largest absolute Gasteiger partial charge is 0.382 e. The van der Waals surface area contributed by atoms with Crippen LogP contribution in [0.2, 0.25) is 0 Å². The summed E-state index contributed by atoms with van der Waals surface area (Å²) in [5, 5.41) is 7.42. The first-order chi connectivity index (χ1) is 7.29. The van der Waals surface area contributed by atoms with Crippen LogP contribution in [0.5, 0.6) is 0 Å². The van der Waals surface area contributed by atoms with Crippen molar-refractivity contribution < 1.29 is 4.79 Å². The molecule has 2 N–H and O–H groups in total. The zero-order valence-corrected chi connectivity index (χ0v) is 10.2. The highest BCUT2D eigenvalue weighted by Crippen LogP contribution is 2.15. The molecule has 0 aliphatic heterocycles. The van der Waals surface area contributed by atoms with Gasteiger partial charge in [0, 0.05) is 13.6 Å². The Morgan fingerprint density at radius 2 is 2.00 bits per heavy atom. The van der Waals surface area contributed by atoms with Crippen molar-refractivity contribution in [2.75, 3.05) is 19.3 Å². The molecule has 0 fully saturated rings. The second-order valence-corrected chi connectivity index (χ2v) is 5.07. The lowest BCUT2D eigenvalue weighted by Crippen LogP contribution is -2.35. The highest BCUT2D eigenvalue weighted by Gasteiger charge is 2.19. The molecule has 0 bridgehead atoms. The zero-order valence-electron chi connectivity index (χ0n) is 10.2. The van der Waals surface area contributed by atoms with Gasteiger partial charge in [0.15, 0.2) is 5.69 Å². The molecule has 16 heavy (non-hydrogen) atoms. The highest BCUT2D eigenvalue weighted by atomic mass is 16.2. The van der Waals surface area contributed by atoms with Gasteiger partial charge in [0.05, 0.1) is 0 Å². The molecule has 1 aromatic rings. The fourth-order valence-corrected chi connectivity index (χ4v) is 1.44. The third-order valence-corrected chi connectivity index (χ3v) is 1.96. The highest BCUT2D eigenvalue weighted by molar-refractivity contribution is 5.92. The Balaban J connectivity index is 2.74. The van der Waals surface area contributed by atoms with E-state index >= 15 is 0 Å². The second kappa shape index (κ2) is 4.47. The number of carbonyl (C=O) groups excluding carboxylic acids is 1. The molecule has 1 amide bonds. The lowest BCUT2D eigenvalue weighted by atomic mass is 9.96. The van der Waals surface area contributed by atoms with E-state index in [1.807, 2.05) is 0 Å². The zero-order chi connectivity index (χ0) is 12.3. The minimum atomic E-state index is -0.137. The van der Waals surface area contributed by atoms with Crippen LogP contribution in [-0.2, 0) is 0 Å². The average molecular weight is 222 g/mol. The van der Waals surface area contributed by atoms with Crippen LogP contribution in [0, 0.1) is 5.41 Å². The molecule has 0 unspecified atom stereocenters. The Morgan fingerprint density at radius 3 is 2.44 bits per heavy atom. The fraction of sp³-hybridized carbons (Fsp3) is 0.545. The predicted molar refractivity (Wildman–Crippen MR) is 62.9 cm³/mol. The summed E-state index contributed by atoms with van der Waals surface area (Å²) in [6, 6.07) is 3.16. The normalized spacial score (nSPS) is 11.2. The van der Waals surface area contributed by atoms with Crippen LogP contribution in [0.1, 0.15) is 31.3 Å². The van der Waals surface area contributed by atoms with Gasteiger partial charge >= 0.3 is 0 Å². The number of nitrogen functional groups attached to an aromatic ring is 1. The third-order valence-electron chi connectivity index (χ3n) is 1.96. The summed E-state index contributed by atoms with van der Waals surface area (Å²) in [5.74, 6) is 0.178. The van der Waals surface area contributed by atoms with Crippen LogP contribution < -0.4 is 5.73 Å². The third kappa shape index (κ3) is 3.49. The minimum absolute atomic E-state index is 0.0612. The van der Waals surface area contributed by atoms with Crippen LogP contribution >= 0.6 is 0 Å². The Labute approximate surface area is 95.7 Å². The number of hydrogen-bond acceptors (Lipinski definition) is 4. The van der Waals surface area contributed by atoms with Gasteiger partial charge in [-0.1, -0.05) is 20.8 Å². The fourth-order valence-electron chi connectivity index (χ4n) is 1.44. The molecule has 1 heterocycles. The van der Waals surface area contributed by atoms with Crippen molar-refractivity contribution in [3.8, 4) is 0 Å². The molecule has 0 saturated carbocycles. The lowest BCUT2D eigenvalue weighted by Gasteiger charge is -2.26. The van der Waals surface area contributed by atoms with Crippen molar-refractivity contribution in [1.29, 1.82) is 0 Å². The Hall–Kier alpha value is -1.65. The maximum Gasteiger partial charge on any atom is 0.274 e. The van der Waals surface area contributed by atoms with Crippen LogP contribution in [-0.4, -0.2) is 34.6 Å². The van der Waals surface area contributed by atoms with Gasteiger partial charge in [-0.3, -0.25) is 4.79 Å². The number of aromatic nitrogens is 2. The van der Waals surface area contributed by atoms with Gasteiger partial charge < -0.3 is 10.6 Å². The minimum Gasteiger partial charge on any atom is -0.382 e. The van der Waals surface area contributed by atoms with Crippen LogP contribution in [0.25, 0.3) is 0 Å². The van der Waals surface area contributed by atoms with Crippen molar-refractivity contribution in [2.45, 2.75) is 20.8 Å². The van der Waals surface area contributed by atoms with Crippen molar-refractivity contribution in [3.63, 3.8) is 0 Å². The van der Waals surface area contributed by atoms with E-state index in [1.165, 1.54) is 0 Å². The summed E-state index contributed by atoms with van der Waals surface area (Å²) < 4.78 is 0. The smallest absolute Gasteiger partial charge is 0.274 e. The van der Waals surface area contributed by atoms with Crippen LogP contribution in [0.15, 0.2) is 12.1 Å². The van der Waals surface area contributed by atoms with Gasteiger partial charge in [-0.15, -0.1) is 10.2 Å². The lowest BCUT2D eigenvalue weighted by molar-refractivity contribution is 0.0738. The van der Waals surface area contributed by atoms with E-state index in [4.69, 9.17) is 5.73 Å². The molecule has 5 nitrogen and oxygen atoms in total. The van der Waals surface area contributed by atoms with Gasteiger partial charge in [0.2, 0.25) is 0 Å². The van der Waals surface area contributed by atoms with Crippen molar-refractivity contribution in [2.24, 2.45) is 5.41 Å². The van der Waals surface area contributed by atoms with Gasteiger partial charge in [-0.2, -0.15) is 0 Å². The number of nitrogens with zero attached hydrogens (tertiary/aromatic N) is 3. The molecular formula is C11H18N4O. The predicted octanol–water partition coefficient (Wildman–Crippen LogP) is 1.18. The molecule has 0 saturated heterocycles. The maximum absolute atomic E-state index is 11.9. The van der Waals surface area contributed by atoms with Crippen LogP contribution in [0.3, 0.4) is 0 Å². The number of amides is 1. The molecule has 1 aromatic heterocycles. The molecule has 0 atom stereocenters. The number of nitrogens with two attached hydrogens (primary N) is 1. The number of anilines is 1. The Bertz CT molecular complexity index is 367. The SMILES string of the molecule is CN(CC(C)(C)C)C(=O)c1ccc(N)nn1. The van der Waals surface area contributed by atoms with E-state index in [-0.39, 0.29) is 11.3 Å². The Kier molecular flexibility index (Phi) is 3.47. The average Bonchev–Trinajstić information content (AvgIpc) is 2.15. The standard InChI is InChI=1S/C11H18N4O/c1-11(2,3)7-15(4)10(16)8-5-6-9(12)14-13-8/h5-6H,7H2,1-4H3,(H2,12,14). The van der Waals surface area contributed by atoms with Gasteiger partial charge in [-0.25, -0.2) is 0 Å². The first-order valence-electron chi connectivity index (χ1n) is 5.14. The molecular weight excluding hydrogens is 204 g/mol. The van der Waals surface area contributed by atoms with Crippen LogP contribution in [0.4, 0.5) is 5.82 Å². The summed E-state index contributed by atoms with van der Waals surface area (Å²) >= 11 is 0. The summed E-state index contributed by atoms with van der Waals surface area (Å²) in [7, 11) is 1.76. The van der Waals surface area contributed by atoms with Crippen molar-refractivity contribution in [3.05, 3.63) is 17.8 Å². The number of rotatable bonds is 2. The second-order valence-electron chi connectivity index (χ2n) is 5.07.